The number of halogens is 1. The van der Waals surface area contributed by atoms with Crippen molar-refractivity contribution in [1.82, 2.24) is 4.90 Å². The van der Waals surface area contributed by atoms with Crippen LogP contribution in [0.15, 0.2) is 53.0 Å². The molecule has 1 amide bonds. The molecule has 0 spiro atoms. The number of rotatable bonds is 5. The molecule has 136 valence electrons. The number of nitrogens with zero attached hydrogens (tertiary/aromatic N) is 1. The number of benzene rings is 2. The lowest BCUT2D eigenvalue weighted by atomic mass is 9.97. The predicted octanol–water partition coefficient (Wildman–Crippen LogP) is 5.29. The first-order valence-corrected chi connectivity index (χ1v) is 10.3. The fraction of sp³-hybridized carbons (Fsp3) is 0.409. The number of hydrogen-bond acceptors (Lipinski definition) is 2. The lowest BCUT2D eigenvalue weighted by Crippen LogP contribution is -2.24. The Labute approximate surface area is 163 Å². The van der Waals surface area contributed by atoms with Crippen LogP contribution < -0.4 is 4.74 Å². The molecule has 1 heterocycles. The first-order chi connectivity index (χ1) is 12.7. The minimum Gasteiger partial charge on any atom is -0.490 e. The van der Waals surface area contributed by atoms with Crippen LogP contribution in [0.1, 0.15) is 49.1 Å². The zero-order chi connectivity index (χ0) is 17.9. The van der Waals surface area contributed by atoms with E-state index in [0.717, 1.165) is 35.2 Å². The fourth-order valence-electron chi connectivity index (χ4n) is 4.05. The molecule has 2 aromatic rings. The first-order valence-electron chi connectivity index (χ1n) is 9.47. The van der Waals surface area contributed by atoms with Gasteiger partial charge < -0.3 is 9.64 Å². The van der Waals surface area contributed by atoms with Crippen molar-refractivity contribution in [3.8, 4) is 5.75 Å². The van der Waals surface area contributed by atoms with E-state index in [-0.39, 0.29) is 11.8 Å². The molecule has 2 fully saturated rings. The molecule has 0 N–H and O–H groups in total. The van der Waals surface area contributed by atoms with Crippen LogP contribution in [0, 0.1) is 0 Å². The molecule has 0 radical (unpaired) electrons. The molecule has 26 heavy (non-hydrogen) atoms. The molecule has 1 saturated carbocycles. The summed E-state index contributed by atoms with van der Waals surface area (Å²) in [6.45, 7) is 1.44. The summed E-state index contributed by atoms with van der Waals surface area (Å²) < 4.78 is 7.35. The Bertz CT molecular complexity index is 768. The third-order valence-corrected chi connectivity index (χ3v) is 5.98. The summed E-state index contributed by atoms with van der Waals surface area (Å²) in [4.78, 5) is 14.5. The third kappa shape index (κ3) is 3.96. The van der Waals surface area contributed by atoms with E-state index in [1.165, 1.54) is 18.4 Å². The Morgan fingerprint density at radius 1 is 1.04 bits per heavy atom. The lowest BCUT2D eigenvalue weighted by Gasteiger charge is -2.20. The summed E-state index contributed by atoms with van der Waals surface area (Å²) in [5.41, 5.74) is 2.35. The molecule has 1 aliphatic carbocycles. The minimum atomic E-state index is 0.218. The molecule has 1 saturated heterocycles. The van der Waals surface area contributed by atoms with Crippen molar-refractivity contribution in [2.75, 3.05) is 6.54 Å². The largest absolute Gasteiger partial charge is 0.490 e. The summed E-state index contributed by atoms with van der Waals surface area (Å²) in [7, 11) is 0. The van der Waals surface area contributed by atoms with Gasteiger partial charge in [0.25, 0.3) is 0 Å². The highest BCUT2D eigenvalue weighted by atomic mass is 79.9. The van der Waals surface area contributed by atoms with Crippen LogP contribution in [0.4, 0.5) is 0 Å². The van der Waals surface area contributed by atoms with E-state index in [2.05, 4.69) is 46.3 Å². The van der Waals surface area contributed by atoms with Gasteiger partial charge in [0.05, 0.1) is 6.10 Å². The second-order valence-corrected chi connectivity index (χ2v) is 8.28. The topological polar surface area (TPSA) is 29.5 Å². The molecule has 4 rings (SSSR count). The molecular weight excluding hydrogens is 390 g/mol. The number of para-hydroxylation sites is 1. The predicted molar refractivity (Wildman–Crippen MR) is 106 cm³/mol. The van der Waals surface area contributed by atoms with Crippen molar-refractivity contribution in [2.24, 2.45) is 0 Å². The maximum atomic E-state index is 12.6. The summed E-state index contributed by atoms with van der Waals surface area (Å²) in [6, 6.07) is 16.5. The number of ether oxygens (including phenoxy) is 1. The van der Waals surface area contributed by atoms with Crippen LogP contribution >= 0.6 is 15.9 Å². The van der Waals surface area contributed by atoms with E-state index >= 15 is 0 Å². The molecule has 3 nitrogen and oxygen atoms in total. The average molecular weight is 414 g/mol. The van der Waals surface area contributed by atoms with E-state index in [1.807, 2.05) is 23.1 Å². The second kappa shape index (κ2) is 7.83. The summed E-state index contributed by atoms with van der Waals surface area (Å²) in [5, 5.41) is 0. The highest BCUT2D eigenvalue weighted by molar-refractivity contribution is 9.10. The highest BCUT2D eigenvalue weighted by Crippen LogP contribution is 2.36. The van der Waals surface area contributed by atoms with Crippen molar-refractivity contribution in [2.45, 2.75) is 50.7 Å². The van der Waals surface area contributed by atoms with Gasteiger partial charge in [-0.05, 0) is 55.0 Å². The molecular formula is C22H24BrNO2. The monoisotopic (exact) mass is 413 g/mol. The Morgan fingerprint density at radius 3 is 2.54 bits per heavy atom. The third-order valence-electron chi connectivity index (χ3n) is 5.46. The number of carbonyl (C=O) groups is 1. The van der Waals surface area contributed by atoms with Crippen LogP contribution in [0.25, 0.3) is 0 Å². The van der Waals surface area contributed by atoms with Gasteiger partial charge in [0, 0.05) is 29.9 Å². The molecule has 1 unspecified atom stereocenters. The van der Waals surface area contributed by atoms with E-state index in [4.69, 9.17) is 4.74 Å². The Kier molecular flexibility index (Phi) is 5.30. The van der Waals surface area contributed by atoms with E-state index < -0.39 is 0 Å². The highest BCUT2D eigenvalue weighted by Gasteiger charge is 2.32. The Hall–Kier alpha value is -1.81. The van der Waals surface area contributed by atoms with Crippen LogP contribution in [0.5, 0.6) is 5.75 Å². The standard InChI is InChI=1S/C22H24BrNO2/c23-18-11-9-16(10-12-18)14-24-15-17(13-22(24)25)20-7-3-4-8-21(20)26-19-5-1-2-6-19/h3-4,7-12,17,19H,1-2,5-6,13-15H2. The summed E-state index contributed by atoms with van der Waals surface area (Å²) >= 11 is 3.46. The minimum absolute atomic E-state index is 0.218. The Morgan fingerprint density at radius 2 is 1.77 bits per heavy atom. The van der Waals surface area contributed by atoms with Gasteiger partial charge in [-0.15, -0.1) is 0 Å². The van der Waals surface area contributed by atoms with Crippen molar-refractivity contribution >= 4 is 21.8 Å². The van der Waals surface area contributed by atoms with Gasteiger partial charge >= 0.3 is 0 Å². The smallest absolute Gasteiger partial charge is 0.223 e. The number of carbonyl (C=O) groups excluding carboxylic acids is 1. The average Bonchev–Trinajstić information content (AvgIpc) is 3.28. The maximum absolute atomic E-state index is 12.6. The normalized spacial score (nSPS) is 20.7. The Balaban J connectivity index is 1.47. The van der Waals surface area contributed by atoms with Crippen molar-refractivity contribution in [1.29, 1.82) is 0 Å². The molecule has 1 atom stereocenters. The lowest BCUT2D eigenvalue weighted by molar-refractivity contribution is -0.128. The van der Waals surface area contributed by atoms with Gasteiger partial charge in [0.15, 0.2) is 0 Å². The molecule has 2 aromatic carbocycles. The van der Waals surface area contributed by atoms with Gasteiger partial charge in [0.1, 0.15) is 5.75 Å². The van der Waals surface area contributed by atoms with Gasteiger partial charge in [0.2, 0.25) is 5.91 Å². The van der Waals surface area contributed by atoms with Crippen molar-refractivity contribution in [3.63, 3.8) is 0 Å². The molecule has 0 bridgehead atoms. The second-order valence-electron chi connectivity index (χ2n) is 7.36. The van der Waals surface area contributed by atoms with E-state index in [1.54, 1.807) is 0 Å². The van der Waals surface area contributed by atoms with Gasteiger partial charge in [-0.2, -0.15) is 0 Å². The van der Waals surface area contributed by atoms with Crippen LogP contribution in [-0.4, -0.2) is 23.5 Å². The molecule has 0 aromatic heterocycles. The van der Waals surface area contributed by atoms with Gasteiger partial charge in [-0.1, -0.05) is 46.3 Å². The summed E-state index contributed by atoms with van der Waals surface area (Å²) in [5.74, 6) is 1.42. The van der Waals surface area contributed by atoms with Crippen LogP contribution in [0.3, 0.4) is 0 Å². The van der Waals surface area contributed by atoms with Gasteiger partial charge in [-0.25, -0.2) is 0 Å². The van der Waals surface area contributed by atoms with Crippen molar-refractivity contribution < 1.29 is 9.53 Å². The first kappa shape index (κ1) is 17.6. The van der Waals surface area contributed by atoms with E-state index in [9.17, 15) is 4.79 Å². The number of hydrogen-bond donors (Lipinski definition) is 0. The zero-order valence-electron chi connectivity index (χ0n) is 14.9. The molecule has 4 heteroatoms. The van der Waals surface area contributed by atoms with Gasteiger partial charge in [-0.3, -0.25) is 4.79 Å². The van der Waals surface area contributed by atoms with Crippen LogP contribution in [0.2, 0.25) is 0 Å². The SMILES string of the molecule is O=C1CC(c2ccccc2OC2CCCC2)CN1Cc1ccc(Br)cc1. The van der Waals surface area contributed by atoms with Crippen molar-refractivity contribution in [3.05, 3.63) is 64.1 Å². The van der Waals surface area contributed by atoms with E-state index in [0.29, 0.717) is 19.1 Å². The maximum Gasteiger partial charge on any atom is 0.223 e. The van der Waals surface area contributed by atoms with Crippen LogP contribution in [-0.2, 0) is 11.3 Å². The summed E-state index contributed by atoms with van der Waals surface area (Å²) in [6.07, 6.45) is 5.72. The molecule has 2 aliphatic rings. The molecule has 1 aliphatic heterocycles. The fourth-order valence-corrected chi connectivity index (χ4v) is 4.32. The number of likely N-dealkylation sites (tertiary alicyclic amines) is 1. The quantitative estimate of drug-likeness (QED) is 0.666. The zero-order valence-corrected chi connectivity index (χ0v) is 16.5. The number of amides is 1.